The Labute approximate surface area is 136 Å². The molecule has 21 heavy (non-hydrogen) atoms. The van der Waals surface area contributed by atoms with E-state index in [1.165, 1.54) is 0 Å². The summed E-state index contributed by atoms with van der Waals surface area (Å²) in [6.45, 7) is 0. The first kappa shape index (κ1) is 15.5. The SMILES string of the molecule is O=C(O)CCc1cccc(NC(=O)c2ccc(I)cc2)c1. The fourth-order valence-electron chi connectivity index (χ4n) is 1.86. The van der Waals surface area contributed by atoms with Crippen molar-refractivity contribution in [2.75, 3.05) is 5.32 Å². The monoisotopic (exact) mass is 395 g/mol. The van der Waals surface area contributed by atoms with Gasteiger partial charge >= 0.3 is 5.97 Å². The lowest BCUT2D eigenvalue weighted by Crippen LogP contribution is -2.12. The van der Waals surface area contributed by atoms with Crippen LogP contribution in [0.3, 0.4) is 0 Å². The molecule has 2 N–H and O–H groups in total. The van der Waals surface area contributed by atoms with Crippen LogP contribution in [0.25, 0.3) is 0 Å². The van der Waals surface area contributed by atoms with Crippen LogP contribution >= 0.6 is 22.6 Å². The molecular weight excluding hydrogens is 381 g/mol. The van der Waals surface area contributed by atoms with E-state index in [1.54, 1.807) is 30.3 Å². The number of halogens is 1. The molecule has 0 aliphatic carbocycles. The molecule has 0 radical (unpaired) electrons. The Bertz CT molecular complexity index is 653. The molecule has 0 saturated carbocycles. The summed E-state index contributed by atoms with van der Waals surface area (Å²) in [5.41, 5.74) is 2.14. The number of carboxylic acids is 1. The lowest BCUT2D eigenvalue weighted by Gasteiger charge is -2.07. The molecule has 0 heterocycles. The van der Waals surface area contributed by atoms with Crippen LogP contribution in [0.1, 0.15) is 22.3 Å². The van der Waals surface area contributed by atoms with Crippen molar-refractivity contribution in [1.29, 1.82) is 0 Å². The van der Waals surface area contributed by atoms with E-state index in [1.807, 2.05) is 18.2 Å². The van der Waals surface area contributed by atoms with E-state index in [0.29, 0.717) is 17.7 Å². The number of nitrogens with one attached hydrogen (secondary N) is 1. The molecule has 0 fully saturated rings. The van der Waals surface area contributed by atoms with Crippen molar-refractivity contribution in [3.05, 3.63) is 63.2 Å². The van der Waals surface area contributed by atoms with Crippen molar-refractivity contribution in [2.24, 2.45) is 0 Å². The predicted octanol–water partition coefficient (Wildman–Crippen LogP) is 3.56. The van der Waals surface area contributed by atoms with Crippen molar-refractivity contribution in [3.63, 3.8) is 0 Å². The second kappa shape index (κ2) is 7.21. The van der Waals surface area contributed by atoms with Crippen molar-refractivity contribution in [2.45, 2.75) is 12.8 Å². The number of benzene rings is 2. The summed E-state index contributed by atoms with van der Waals surface area (Å²) in [6.07, 6.45) is 0.525. The maximum absolute atomic E-state index is 12.1. The highest BCUT2D eigenvalue weighted by molar-refractivity contribution is 14.1. The maximum Gasteiger partial charge on any atom is 0.303 e. The molecule has 5 heteroatoms. The van der Waals surface area contributed by atoms with Crippen molar-refractivity contribution in [1.82, 2.24) is 0 Å². The molecule has 0 aliphatic rings. The maximum atomic E-state index is 12.1. The van der Waals surface area contributed by atoms with Gasteiger partial charge in [0.2, 0.25) is 0 Å². The first-order valence-corrected chi connectivity index (χ1v) is 7.50. The standard InChI is InChI=1S/C16H14INO3/c17-13-7-5-12(6-8-13)16(21)18-14-3-1-2-11(10-14)4-9-15(19)20/h1-3,5-8,10H,4,9H2,(H,18,21)(H,19,20). The van der Waals surface area contributed by atoms with E-state index >= 15 is 0 Å². The number of rotatable bonds is 5. The second-order valence-electron chi connectivity index (χ2n) is 4.56. The number of anilines is 1. The molecule has 0 aromatic heterocycles. The minimum absolute atomic E-state index is 0.0779. The van der Waals surface area contributed by atoms with Gasteiger partial charge in [0.05, 0.1) is 0 Å². The minimum Gasteiger partial charge on any atom is -0.481 e. The molecule has 0 spiro atoms. The molecule has 2 aromatic rings. The van der Waals surface area contributed by atoms with Crippen LogP contribution in [0.15, 0.2) is 48.5 Å². The van der Waals surface area contributed by atoms with E-state index < -0.39 is 5.97 Å². The summed E-state index contributed by atoms with van der Waals surface area (Å²) in [4.78, 5) is 22.7. The number of hydrogen-bond acceptors (Lipinski definition) is 2. The zero-order valence-electron chi connectivity index (χ0n) is 11.2. The Morgan fingerprint density at radius 1 is 1.10 bits per heavy atom. The van der Waals surface area contributed by atoms with Gasteiger partial charge in [-0.2, -0.15) is 0 Å². The number of aliphatic carboxylic acids is 1. The Kier molecular flexibility index (Phi) is 5.32. The Morgan fingerprint density at radius 2 is 1.81 bits per heavy atom. The molecular formula is C16H14INO3. The number of hydrogen-bond donors (Lipinski definition) is 2. The smallest absolute Gasteiger partial charge is 0.303 e. The number of carbonyl (C=O) groups excluding carboxylic acids is 1. The second-order valence-corrected chi connectivity index (χ2v) is 5.80. The highest BCUT2D eigenvalue weighted by atomic mass is 127. The number of aryl methyl sites for hydroxylation is 1. The first-order chi connectivity index (χ1) is 10.0. The van der Waals surface area contributed by atoms with Crippen molar-refractivity contribution >= 4 is 40.2 Å². The average molecular weight is 395 g/mol. The van der Waals surface area contributed by atoms with Crippen LogP contribution in [-0.2, 0) is 11.2 Å². The average Bonchev–Trinajstić information content (AvgIpc) is 2.46. The van der Waals surface area contributed by atoms with E-state index in [2.05, 4.69) is 27.9 Å². The van der Waals surface area contributed by atoms with Gasteiger partial charge in [0, 0.05) is 21.2 Å². The molecule has 2 aromatic carbocycles. The Hall–Kier alpha value is -1.89. The summed E-state index contributed by atoms with van der Waals surface area (Å²) in [5, 5.41) is 11.5. The Balaban J connectivity index is 2.05. The number of carbonyl (C=O) groups is 2. The largest absolute Gasteiger partial charge is 0.481 e. The zero-order chi connectivity index (χ0) is 15.2. The van der Waals surface area contributed by atoms with Crippen LogP contribution in [0.4, 0.5) is 5.69 Å². The fraction of sp³-hybridized carbons (Fsp3) is 0.125. The van der Waals surface area contributed by atoms with Gasteiger partial charge in [0.1, 0.15) is 0 Å². The van der Waals surface area contributed by atoms with E-state index in [0.717, 1.165) is 9.13 Å². The lowest BCUT2D eigenvalue weighted by atomic mass is 10.1. The number of amides is 1. The third kappa shape index (κ3) is 4.86. The van der Waals surface area contributed by atoms with Gasteiger partial charge in [-0.15, -0.1) is 0 Å². The minimum atomic E-state index is -0.830. The van der Waals surface area contributed by atoms with Gasteiger partial charge in [-0.05, 0) is 71.0 Å². The topological polar surface area (TPSA) is 66.4 Å². The third-order valence-electron chi connectivity index (χ3n) is 2.92. The normalized spacial score (nSPS) is 10.1. The summed E-state index contributed by atoms with van der Waals surface area (Å²) < 4.78 is 1.07. The van der Waals surface area contributed by atoms with Crippen LogP contribution in [0.5, 0.6) is 0 Å². The first-order valence-electron chi connectivity index (χ1n) is 6.42. The highest BCUT2D eigenvalue weighted by Gasteiger charge is 2.06. The molecule has 0 unspecified atom stereocenters. The van der Waals surface area contributed by atoms with Crippen LogP contribution in [0, 0.1) is 3.57 Å². The molecule has 4 nitrogen and oxygen atoms in total. The van der Waals surface area contributed by atoms with Gasteiger partial charge in [-0.25, -0.2) is 0 Å². The van der Waals surface area contributed by atoms with Crippen LogP contribution in [0.2, 0.25) is 0 Å². The van der Waals surface area contributed by atoms with Gasteiger partial charge in [-0.3, -0.25) is 9.59 Å². The van der Waals surface area contributed by atoms with Gasteiger partial charge < -0.3 is 10.4 Å². The molecule has 1 amide bonds. The van der Waals surface area contributed by atoms with Gasteiger partial charge in [0.15, 0.2) is 0 Å². The Morgan fingerprint density at radius 3 is 2.48 bits per heavy atom. The highest BCUT2D eigenvalue weighted by Crippen LogP contribution is 2.14. The molecule has 0 atom stereocenters. The summed E-state index contributed by atoms with van der Waals surface area (Å²) in [6, 6.07) is 14.5. The molecule has 2 rings (SSSR count). The molecule has 0 saturated heterocycles. The van der Waals surface area contributed by atoms with Crippen molar-refractivity contribution in [3.8, 4) is 0 Å². The van der Waals surface area contributed by atoms with Crippen LogP contribution in [-0.4, -0.2) is 17.0 Å². The number of carboxylic acid groups (broad SMARTS) is 1. The van der Waals surface area contributed by atoms with E-state index in [4.69, 9.17) is 5.11 Å². The van der Waals surface area contributed by atoms with E-state index in [9.17, 15) is 9.59 Å². The lowest BCUT2D eigenvalue weighted by molar-refractivity contribution is -0.136. The van der Waals surface area contributed by atoms with Gasteiger partial charge in [-0.1, -0.05) is 12.1 Å². The summed E-state index contributed by atoms with van der Waals surface area (Å²) in [7, 11) is 0. The fourth-order valence-corrected chi connectivity index (χ4v) is 2.22. The summed E-state index contributed by atoms with van der Waals surface area (Å²) in [5.74, 6) is -1.01. The molecule has 0 aliphatic heterocycles. The van der Waals surface area contributed by atoms with E-state index in [-0.39, 0.29) is 12.3 Å². The third-order valence-corrected chi connectivity index (χ3v) is 3.64. The predicted molar refractivity (Wildman–Crippen MR) is 89.5 cm³/mol. The van der Waals surface area contributed by atoms with Crippen molar-refractivity contribution < 1.29 is 14.7 Å². The molecule has 108 valence electrons. The van der Waals surface area contributed by atoms with Gasteiger partial charge in [0.25, 0.3) is 5.91 Å². The zero-order valence-corrected chi connectivity index (χ0v) is 13.3. The summed E-state index contributed by atoms with van der Waals surface area (Å²) >= 11 is 2.18. The van der Waals surface area contributed by atoms with Crippen LogP contribution < -0.4 is 5.32 Å². The molecule has 0 bridgehead atoms. The quantitative estimate of drug-likeness (QED) is 0.761.